The summed E-state index contributed by atoms with van der Waals surface area (Å²) in [7, 11) is -4.25. The van der Waals surface area contributed by atoms with Crippen molar-refractivity contribution >= 4 is 16.1 Å². The van der Waals surface area contributed by atoms with Crippen molar-refractivity contribution in [3.63, 3.8) is 0 Å². The lowest BCUT2D eigenvalue weighted by molar-refractivity contribution is -0.143. The lowest BCUT2D eigenvalue weighted by Crippen LogP contribution is -2.28. The van der Waals surface area contributed by atoms with Gasteiger partial charge in [0.2, 0.25) is 0 Å². The van der Waals surface area contributed by atoms with Crippen molar-refractivity contribution in [3.05, 3.63) is 47.5 Å². The maximum absolute atomic E-state index is 12.5. The highest BCUT2D eigenvalue weighted by atomic mass is 32.2. The van der Waals surface area contributed by atoms with Crippen molar-refractivity contribution in [1.29, 1.82) is 0 Å². The molecule has 0 heterocycles. The van der Waals surface area contributed by atoms with Crippen LogP contribution in [0.1, 0.15) is 24.5 Å². The fourth-order valence-electron chi connectivity index (χ4n) is 2.80. The second kappa shape index (κ2) is 9.38. The molecule has 0 aliphatic rings. The van der Waals surface area contributed by atoms with Crippen LogP contribution < -0.4 is 8.92 Å². The summed E-state index contributed by atoms with van der Waals surface area (Å²) in [5.74, 6) is -0.231. The maximum atomic E-state index is 12.5. The molecule has 6 nitrogen and oxygen atoms in total. The zero-order chi connectivity index (χ0) is 22.5. The minimum Gasteiger partial charge on any atom is -0.497 e. The molecule has 2 aromatic carbocycles. The molecule has 2 aromatic rings. The molecule has 0 fully saturated rings. The standard InChI is InChI=1S/C20H21F3O6S/c1-4-28-19(24)10-5-14-12-15(27-3)6-9-18(14)17-8-7-16(11-13(17)2)29-30(25,26)20(21,22)23/h6-9,11-12H,4-5,10H2,1-3H3. The molecule has 0 bridgehead atoms. The Morgan fingerprint density at radius 2 is 1.67 bits per heavy atom. The number of halogens is 3. The van der Waals surface area contributed by atoms with E-state index in [2.05, 4.69) is 4.18 Å². The van der Waals surface area contributed by atoms with Crippen molar-refractivity contribution < 1.29 is 40.0 Å². The Hall–Kier alpha value is -2.75. The first-order valence-corrected chi connectivity index (χ1v) is 10.3. The fourth-order valence-corrected chi connectivity index (χ4v) is 3.25. The summed E-state index contributed by atoms with van der Waals surface area (Å²) in [5, 5.41) is 0. The van der Waals surface area contributed by atoms with Crippen molar-refractivity contribution in [2.75, 3.05) is 13.7 Å². The molecule has 2 rings (SSSR count). The van der Waals surface area contributed by atoms with E-state index in [0.717, 1.165) is 17.2 Å². The Labute approximate surface area is 172 Å². The lowest BCUT2D eigenvalue weighted by atomic mass is 9.93. The molecule has 0 radical (unpaired) electrons. The summed E-state index contributed by atoms with van der Waals surface area (Å²) in [6, 6.07) is 9.04. The van der Waals surface area contributed by atoms with Gasteiger partial charge >= 0.3 is 21.6 Å². The van der Waals surface area contributed by atoms with Crippen LogP contribution >= 0.6 is 0 Å². The summed E-state index contributed by atoms with van der Waals surface area (Å²) < 4.78 is 74.4. The highest BCUT2D eigenvalue weighted by Crippen LogP contribution is 2.34. The number of benzene rings is 2. The van der Waals surface area contributed by atoms with E-state index >= 15 is 0 Å². The summed E-state index contributed by atoms with van der Waals surface area (Å²) >= 11 is 0. The topological polar surface area (TPSA) is 78.9 Å². The molecule has 0 aliphatic heterocycles. The first-order chi connectivity index (χ1) is 14.0. The van der Waals surface area contributed by atoms with Gasteiger partial charge in [-0.1, -0.05) is 12.1 Å². The summed E-state index contributed by atoms with van der Waals surface area (Å²) in [6.07, 6.45) is 0.490. The fraction of sp³-hybridized carbons (Fsp3) is 0.350. The normalized spacial score (nSPS) is 11.8. The quantitative estimate of drug-likeness (QED) is 0.340. The highest BCUT2D eigenvalue weighted by molar-refractivity contribution is 7.88. The van der Waals surface area contributed by atoms with Crippen molar-refractivity contribution in [2.24, 2.45) is 0 Å². The van der Waals surface area contributed by atoms with E-state index in [9.17, 15) is 26.4 Å². The third kappa shape index (κ3) is 5.65. The largest absolute Gasteiger partial charge is 0.534 e. The monoisotopic (exact) mass is 446 g/mol. The minimum atomic E-state index is -5.75. The number of hydrogen-bond donors (Lipinski definition) is 0. The van der Waals surface area contributed by atoms with Gasteiger partial charge in [-0.05, 0) is 66.8 Å². The van der Waals surface area contributed by atoms with E-state index in [1.54, 1.807) is 32.0 Å². The average Bonchev–Trinajstić information content (AvgIpc) is 2.65. The molecule has 0 saturated carbocycles. The molecule has 164 valence electrons. The van der Waals surface area contributed by atoms with Crippen LogP contribution in [0.15, 0.2) is 36.4 Å². The van der Waals surface area contributed by atoms with Gasteiger partial charge in [-0.15, -0.1) is 0 Å². The number of ether oxygens (including phenoxy) is 2. The van der Waals surface area contributed by atoms with E-state index in [-0.39, 0.29) is 19.0 Å². The van der Waals surface area contributed by atoms with Gasteiger partial charge in [-0.2, -0.15) is 21.6 Å². The molecule has 0 atom stereocenters. The highest BCUT2D eigenvalue weighted by Gasteiger charge is 2.48. The molecule has 0 aromatic heterocycles. The van der Waals surface area contributed by atoms with Gasteiger partial charge in [-0.25, -0.2) is 0 Å². The van der Waals surface area contributed by atoms with Gasteiger partial charge < -0.3 is 13.7 Å². The Morgan fingerprint density at radius 1 is 1.03 bits per heavy atom. The van der Waals surface area contributed by atoms with E-state index in [1.165, 1.54) is 19.2 Å². The third-order valence-corrected chi connectivity index (χ3v) is 5.17. The molecule has 10 heteroatoms. The van der Waals surface area contributed by atoms with Crippen molar-refractivity contribution in [3.8, 4) is 22.6 Å². The van der Waals surface area contributed by atoms with Gasteiger partial charge in [-0.3, -0.25) is 4.79 Å². The molecule has 0 saturated heterocycles. The van der Waals surface area contributed by atoms with Crippen LogP contribution in [0.4, 0.5) is 13.2 Å². The zero-order valence-corrected chi connectivity index (χ0v) is 17.4. The summed E-state index contributed by atoms with van der Waals surface area (Å²) in [5.41, 5.74) is -2.89. The zero-order valence-electron chi connectivity index (χ0n) is 16.6. The molecule has 0 N–H and O–H groups in total. The third-order valence-electron chi connectivity index (χ3n) is 4.19. The Bertz CT molecular complexity index is 1020. The molecular weight excluding hydrogens is 425 g/mol. The Kier molecular flexibility index (Phi) is 7.35. The number of rotatable bonds is 8. The van der Waals surface area contributed by atoms with Gasteiger partial charge in [0.15, 0.2) is 0 Å². The molecule has 0 amide bonds. The minimum absolute atomic E-state index is 0.137. The smallest absolute Gasteiger partial charge is 0.497 e. The number of carbonyl (C=O) groups is 1. The van der Waals surface area contributed by atoms with Crippen LogP contribution in [-0.4, -0.2) is 33.6 Å². The molecule has 0 unspecified atom stereocenters. The van der Waals surface area contributed by atoms with Gasteiger partial charge in [0.1, 0.15) is 11.5 Å². The number of methoxy groups -OCH3 is 1. The van der Waals surface area contributed by atoms with Gasteiger partial charge in [0.05, 0.1) is 13.7 Å². The summed E-state index contributed by atoms with van der Waals surface area (Å²) in [4.78, 5) is 11.7. The second-order valence-corrected chi connectivity index (χ2v) is 7.83. The van der Waals surface area contributed by atoms with Crippen LogP contribution in [0.3, 0.4) is 0 Å². The SMILES string of the molecule is CCOC(=O)CCc1cc(OC)ccc1-c1ccc(OS(=O)(=O)C(F)(F)F)cc1C. The predicted octanol–water partition coefficient (Wildman–Crippen LogP) is 4.39. The Morgan fingerprint density at radius 3 is 2.23 bits per heavy atom. The number of aryl methyl sites for hydroxylation is 2. The van der Waals surface area contributed by atoms with Crippen LogP contribution in [-0.2, 0) is 26.1 Å². The number of esters is 1. The van der Waals surface area contributed by atoms with Gasteiger partial charge in [0.25, 0.3) is 0 Å². The van der Waals surface area contributed by atoms with Crippen LogP contribution in [0, 0.1) is 6.92 Å². The van der Waals surface area contributed by atoms with Crippen molar-refractivity contribution in [1.82, 2.24) is 0 Å². The molecule has 30 heavy (non-hydrogen) atoms. The number of carbonyl (C=O) groups excluding carboxylic acids is 1. The van der Waals surface area contributed by atoms with E-state index in [4.69, 9.17) is 9.47 Å². The van der Waals surface area contributed by atoms with E-state index in [0.29, 0.717) is 23.3 Å². The first-order valence-electron chi connectivity index (χ1n) is 8.92. The number of hydrogen-bond acceptors (Lipinski definition) is 6. The van der Waals surface area contributed by atoms with Crippen LogP contribution in [0.25, 0.3) is 11.1 Å². The average molecular weight is 446 g/mol. The van der Waals surface area contributed by atoms with Crippen LogP contribution in [0.5, 0.6) is 11.5 Å². The van der Waals surface area contributed by atoms with Crippen molar-refractivity contribution in [2.45, 2.75) is 32.2 Å². The number of alkyl halides is 3. The first kappa shape index (κ1) is 23.5. The van der Waals surface area contributed by atoms with E-state index in [1.807, 2.05) is 0 Å². The van der Waals surface area contributed by atoms with Crippen LogP contribution in [0.2, 0.25) is 0 Å². The molecule has 0 aliphatic carbocycles. The van der Waals surface area contributed by atoms with E-state index < -0.39 is 21.4 Å². The predicted molar refractivity (Wildman–Crippen MR) is 104 cm³/mol. The molecular formula is C20H21F3O6S. The molecule has 0 spiro atoms. The van der Waals surface area contributed by atoms with Gasteiger partial charge in [0, 0.05) is 6.42 Å². The second-order valence-electron chi connectivity index (χ2n) is 6.29. The lowest BCUT2D eigenvalue weighted by Gasteiger charge is -2.15. The summed E-state index contributed by atoms with van der Waals surface area (Å²) in [6.45, 7) is 3.59. The Balaban J connectivity index is 2.37. The maximum Gasteiger partial charge on any atom is 0.534 e.